The number of anilines is 2. The summed E-state index contributed by atoms with van der Waals surface area (Å²) in [6.07, 6.45) is 8.74. The number of ether oxygens (including phenoxy) is 2. The van der Waals surface area contributed by atoms with Crippen LogP contribution >= 0.6 is 0 Å². The van der Waals surface area contributed by atoms with Crippen LogP contribution < -0.4 is 14.4 Å². The highest BCUT2D eigenvalue weighted by molar-refractivity contribution is 6.06. The zero-order chi connectivity index (χ0) is 30.9. The van der Waals surface area contributed by atoms with Crippen LogP contribution in [0, 0.1) is 0 Å². The van der Waals surface area contributed by atoms with Crippen LogP contribution in [0.1, 0.15) is 23.1 Å². The van der Waals surface area contributed by atoms with Gasteiger partial charge in [0, 0.05) is 29.1 Å². The van der Waals surface area contributed by atoms with E-state index < -0.39 is 11.9 Å². The number of nitrogens with zero attached hydrogens (tertiary/aromatic N) is 1. The topological polar surface area (TPSA) is 55.8 Å². The molecule has 0 aromatic heterocycles. The maximum atomic E-state index is 11.8. The molecule has 0 radical (unpaired) electrons. The summed E-state index contributed by atoms with van der Waals surface area (Å²) < 4.78 is 10.6. The van der Waals surface area contributed by atoms with Crippen LogP contribution in [0.4, 0.5) is 11.4 Å². The Morgan fingerprint density at radius 2 is 1.22 bits per heavy atom. The first-order valence-corrected chi connectivity index (χ1v) is 14.8. The Bertz CT molecular complexity index is 2050. The Kier molecular flexibility index (Phi) is 7.20. The van der Waals surface area contributed by atoms with Crippen LogP contribution in [0.2, 0.25) is 0 Å². The largest absolute Gasteiger partial charge is 0.423 e. The maximum absolute atomic E-state index is 11.8. The van der Waals surface area contributed by atoms with Gasteiger partial charge < -0.3 is 14.4 Å². The third kappa shape index (κ3) is 5.25. The minimum Gasteiger partial charge on any atom is -0.423 e. The highest BCUT2D eigenvalue weighted by atomic mass is 16.5. The second-order valence-electron chi connectivity index (χ2n) is 10.9. The molecule has 0 fully saturated rings. The number of carbonyl (C=O) groups excluding carboxylic acids is 2. The van der Waals surface area contributed by atoms with Crippen LogP contribution in [-0.2, 0) is 16.0 Å². The quantitative estimate of drug-likeness (QED) is 0.103. The third-order valence-electron chi connectivity index (χ3n) is 8.23. The molecule has 45 heavy (non-hydrogen) atoms. The summed E-state index contributed by atoms with van der Waals surface area (Å²) in [5.41, 5.74) is 10.2. The molecule has 0 aliphatic heterocycles. The lowest BCUT2D eigenvalue weighted by molar-refractivity contribution is -0.129. The molecule has 0 spiro atoms. The highest BCUT2D eigenvalue weighted by Crippen LogP contribution is 2.46. The molecule has 218 valence electrons. The van der Waals surface area contributed by atoms with Gasteiger partial charge >= 0.3 is 11.9 Å². The Morgan fingerprint density at radius 3 is 1.84 bits per heavy atom. The zero-order valence-corrected chi connectivity index (χ0v) is 24.5. The second-order valence-corrected chi connectivity index (χ2v) is 10.9. The molecule has 0 atom stereocenters. The molecule has 0 amide bonds. The summed E-state index contributed by atoms with van der Waals surface area (Å²) in [5.74, 6) is -0.0683. The predicted octanol–water partition coefficient (Wildman–Crippen LogP) is 9.21. The second kappa shape index (κ2) is 11.6. The van der Waals surface area contributed by atoms with Crippen LogP contribution in [0.15, 0.2) is 141 Å². The molecule has 2 aliphatic carbocycles. The Balaban J connectivity index is 1.30. The van der Waals surface area contributed by atoms with Crippen LogP contribution in [-0.4, -0.2) is 11.9 Å². The fourth-order valence-corrected chi connectivity index (χ4v) is 6.15. The molecule has 5 nitrogen and oxygen atoms in total. The summed E-state index contributed by atoms with van der Waals surface area (Å²) in [6.45, 7) is 6.94. The highest BCUT2D eigenvalue weighted by Gasteiger charge is 2.27. The first-order chi connectivity index (χ1) is 22.0. The minimum atomic E-state index is -0.498. The molecular weight excluding hydrogens is 558 g/mol. The molecule has 0 saturated carbocycles. The van der Waals surface area contributed by atoms with Gasteiger partial charge in [0.25, 0.3) is 0 Å². The van der Waals surface area contributed by atoms with Crippen molar-refractivity contribution in [2.45, 2.75) is 12.8 Å². The van der Waals surface area contributed by atoms with E-state index in [1.54, 1.807) is 24.3 Å². The summed E-state index contributed by atoms with van der Waals surface area (Å²) in [6, 6.07) is 34.3. The lowest BCUT2D eigenvalue weighted by atomic mass is 9.80. The lowest BCUT2D eigenvalue weighted by Gasteiger charge is -2.34. The molecular formula is C40H29NO4. The van der Waals surface area contributed by atoms with Gasteiger partial charge in [0.15, 0.2) is 0 Å². The van der Waals surface area contributed by atoms with Gasteiger partial charge in [-0.1, -0.05) is 79.9 Å². The van der Waals surface area contributed by atoms with Gasteiger partial charge in [-0.3, -0.25) is 0 Å². The number of rotatable bonds is 8. The van der Waals surface area contributed by atoms with Crippen molar-refractivity contribution in [2.24, 2.45) is 0 Å². The monoisotopic (exact) mass is 587 g/mol. The van der Waals surface area contributed by atoms with Crippen molar-refractivity contribution in [1.82, 2.24) is 0 Å². The predicted molar refractivity (Wildman–Crippen MR) is 180 cm³/mol. The minimum absolute atomic E-state index is 0.453. The van der Waals surface area contributed by atoms with Gasteiger partial charge in [-0.05, 0) is 100.0 Å². The molecule has 5 heteroatoms. The van der Waals surface area contributed by atoms with Gasteiger partial charge in [-0.15, -0.1) is 0 Å². The summed E-state index contributed by atoms with van der Waals surface area (Å²) in [7, 11) is 0. The first kappa shape index (κ1) is 27.9. The van der Waals surface area contributed by atoms with E-state index in [1.807, 2.05) is 24.3 Å². The molecule has 0 heterocycles. The van der Waals surface area contributed by atoms with Gasteiger partial charge in [-0.2, -0.15) is 0 Å². The van der Waals surface area contributed by atoms with Crippen molar-refractivity contribution in [2.75, 3.05) is 4.90 Å². The van der Waals surface area contributed by atoms with Crippen molar-refractivity contribution in [3.05, 3.63) is 157 Å². The lowest BCUT2D eigenvalue weighted by Crippen LogP contribution is -2.19. The zero-order valence-electron chi connectivity index (χ0n) is 24.5. The number of hydrogen-bond donors (Lipinski definition) is 0. The van der Waals surface area contributed by atoms with E-state index >= 15 is 0 Å². The fourth-order valence-electron chi connectivity index (χ4n) is 6.15. The van der Waals surface area contributed by atoms with E-state index in [4.69, 9.17) is 9.47 Å². The molecule has 7 rings (SSSR count). The van der Waals surface area contributed by atoms with Gasteiger partial charge in [0.2, 0.25) is 0 Å². The summed E-state index contributed by atoms with van der Waals surface area (Å²) in [5, 5.41) is 2.59. The van der Waals surface area contributed by atoms with Gasteiger partial charge in [-0.25, -0.2) is 9.59 Å². The standard InChI is InChI=1S/C40H29NO4/c1-3-37(42)44-33-20-12-27(13-21-33)26-10-16-31(17-11-26)41(32-18-22-34(23-19-32)45-38(43)4-2)36-25-15-30-9-8-28-6-5-7-29-14-24-35(36)40(30)39(28)29/h3-7,9-14,16-25H,1-2,8,15H2. The smallest absolute Gasteiger partial charge is 0.335 e. The number of esters is 2. The average Bonchev–Trinajstić information content (AvgIpc) is 3.09. The first-order valence-electron chi connectivity index (χ1n) is 14.8. The normalized spacial score (nSPS) is 12.9. The molecule has 0 N–H and O–H groups in total. The van der Waals surface area contributed by atoms with Crippen molar-refractivity contribution < 1.29 is 19.1 Å². The molecule has 0 unspecified atom stereocenters. The molecule has 5 aromatic rings. The Morgan fingerprint density at radius 1 is 0.644 bits per heavy atom. The molecule has 0 bridgehead atoms. The molecule has 5 aromatic carbocycles. The number of allylic oxidation sites excluding steroid dienone is 3. The average molecular weight is 588 g/mol. The van der Waals surface area contributed by atoms with Crippen molar-refractivity contribution in [3.8, 4) is 22.6 Å². The van der Waals surface area contributed by atoms with Gasteiger partial charge in [0.05, 0.1) is 5.70 Å². The van der Waals surface area contributed by atoms with Gasteiger partial charge in [0.1, 0.15) is 11.5 Å². The third-order valence-corrected chi connectivity index (χ3v) is 8.23. The van der Waals surface area contributed by atoms with Crippen molar-refractivity contribution in [3.63, 3.8) is 0 Å². The van der Waals surface area contributed by atoms with Crippen molar-refractivity contribution in [1.29, 1.82) is 0 Å². The van der Waals surface area contributed by atoms with E-state index in [9.17, 15) is 9.59 Å². The molecule has 2 aliphatic rings. The van der Waals surface area contributed by atoms with E-state index in [2.05, 4.69) is 84.8 Å². The van der Waals surface area contributed by atoms with E-state index in [-0.39, 0.29) is 0 Å². The van der Waals surface area contributed by atoms with Crippen LogP contribution in [0.3, 0.4) is 0 Å². The van der Waals surface area contributed by atoms with E-state index in [0.717, 1.165) is 53.2 Å². The SMILES string of the molecule is C=CC(=O)Oc1ccc(-c2ccc(N(C3=CCC4=CCc5cccc6ccc3c4c56)c3ccc(OC(=O)C=C)cc3)cc2)cc1. The number of benzene rings is 5. The molecule has 0 saturated heterocycles. The maximum Gasteiger partial charge on any atom is 0.335 e. The van der Waals surface area contributed by atoms with Crippen molar-refractivity contribution >= 4 is 45.4 Å². The Labute approximate surface area is 261 Å². The van der Waals surface area contributed by atoms with E-state index in [0.29, 0.717) is 11.5 Å². The van der Waals surface area contributed by atoms with Crippen LogP contribution in [0.5, 0.6) is 11.5 Å². The summed E-state index contributed by atoms with van der Waals surface area (Å²) in [4.78, 5) is 25.6. The van der Waals surface area contributed by atoms with E-state index in [1.165, 1.54) is 33.0 Å². The number of hydrogen-bond acceptors (Lipinski definition) is 5. The number of carbonyl (C=O) groups is 2. The van der Waals surface area contributed by atoms with Crippen LogP contribution in [0.25, 0.3) is 33.2 Å². The fraction of sp³-hybridized carbons (Fsp3) is 0.0500. The Hall–Kier alpha value is -5.94. The summed E-state index contributed by atoms with van der Waals surface area (Å²) >= 11 is 0.